The van der Waals surface area contributed by atoms with E-state index >= 15 is 0 Å². The van der Waals surface area contributed by atoms with Crippen LogP contribution in [0, 0.1) is 5.82 Å². The maximum atomic E-state index is 13.0. The van der Waals surface area contributed by atoms with Gasteiger partial charge in [0.25, 0.3) is 5.91 Å². The zero-order valence-electron chi connectivity index (χ0n) is 15.9. The van der Waals surface area contributed by atoms with E-state index in [1.54, 1.807) is 18.3 Å². The molecule has 29 heavy (non-hydrogen) atoms. The number of halogens is 1. The van der Waals surface area contributed by atoms with Crippen molar-refractivity contribution in [2.75, 3.05) is 13.1 Å². The van der Waals surface area contributed by atoms with E-state index in [1.807, 2.05) is 12.1 Å². The number of carbonyl (C=O) groups excluding carboxylic acids is 1. The monoisotopic (exact) mass is 394 g/mol. The van der Waals surface area contributed by atoms with E-state index < -0.39 is 6.10 Å². The van der Waals surface area contributed by atoms with E-state index in [1.165, 1.54) is 34.1 Å². The van der Waals surface area contributed by atoms with Gasteiger partial charge in [-0.05, 0) is 48.2 Å². The quantitative estimate of drug-likeness (QED) is 0.572. The van der Waals surface area contributed by atoms with Gasteiger partial charge in [0.15, 0.2) is 0 Å². The van der Waals surface area contributed by atoms with Gasteiger partial charge in [-0.3, -0.25) is 4.79 Å². The Hall–Kier alpha value is -3.03. The van der Waals surface area contributed by atoms with E-state index in [2.05, 4.69) is 27.9 Å². The summed E-state index contributed by atoms with van der Waals surface area (Å²) in [5, 5.41) is 20.4. The van der Waals surface area contributed by atoms with Crippen molar-refractivity contribution in [2.24, 2.45) is 0 Å². The van der Waals surface area contributed by atoms with Gasteiger partial charge in [0.1, 0.15) is 5.82 Å². The van der Waals surface area contributed by atoms with Crippen molar-refractivity contribution < 1.29 is 14.3 Å². The number of rotatable bonds is 7. The summed E-state index contributed by atoms with van der Waals surface area (Å²) in [5.74, 6) is -0.645. The predicted octanol–water partition coefficient (Wildman–Crippen LogP) is 1.86. The van der Waals surface area contributed by atoms with E-state index in [9.17, 15) is 14.3 Å². The third kappa shape index (κ3) is 4.70. The number of fused-ring (bicyclic) bond motifs is 1. The second-order valence-corrected chi connectivity index (χ2v) is 7.30. The largest absolute Gasteiger partial charge is 0.390 e. The first-order valence-corrected chi connectivity index (χ1v) is 9.65. The molecule has 1 heterocycles. The Bertz CT molecular complexity index is 961. The lowest BCUT2D eigenvalue weighted by atomic mass is 10.1. The molecule has 7 heteroatoms. The number of aliphatic hydroxyl groups is 1. The molecule has 3 aromatic rings. The normalized spacial score (nSPS) is 14.6. The maximum absolute atomic E-state index is 13.0. The molecule has 0 radical (unpaired) electrons. The number of carbonyl (C=O) groups is 1. The first-order valence-electron chi connectivity index (χ1n) is 9.65. The van der Waals surface area contributed by atoms with Crippen LogP contribution in [0.5, 0.6) is 0 Å². The number of nitrogens with one attached hydrogen (secondary N) is 2. The molecule has 0 saturated carbocycles. The van der Waals surface area contributed by atoms with Crippen molar-refractivity contribution in [1.29, 1.82) is 0 Å². The summed E-state index contributed by atoms with van der Waals surface area (Å²) < 4.78 is 14.5. The topological polar surface area (TPSA) is 79.2 Å². The summed E-state index contributed by atoms with van der Waals surface area (Å²) in [7, 11) is 0. The van der Waals surface area contributed by atoms with E-state index in [-0.39, 0.29) is 18.3 Å². The van der Waals surface area contributed by atoms with Crippen LogP contribution in [0.25, 0.3) is 5.69 Å². The Morgan fingerprint density at radius 3 is 2.52 bits per heavy atom. The van der Waals surface area contributed by atoms with Crippen LogP contribution in [0.3, 0.4) is 0 Å². The van der Waals surface area contributed by atoms with Crippen LogP contribution >= 0.6 is 0 Å². The summed E-state index contributed by atoms with van der Waals surface area (Å²) in [6, 6.07) is 14.5. The number of aliphatic hydroxyl groups excluding tert-OH is 1. The Labute approximate surface area is 168 Å². The van der Waals surface area contributed by atoms with Gasteiger partial charge < -0.3 is 15.7 Å². The molecule has 1 aromatic heterocycles. The molecule has 3 N–H and O–H groups in total. The van der Waals surface area contributed by atoms with Crippen LogP contribution in [0.2, 0.25) is 0 Å². The number of amides is 1. The van der Waals surface area contributed by atoms with Crippen molar-refractivity contribution in [3.8, 4) is 5.69 Å². The third-order valence-corrected chi connectivity index (χ3v) is 5.13. The summed E-state index contributed by atoms with van der Waals surface area (Å²) in [6.45, 7) is 0.557. The number of nitrogens with zero attached hydrogens (tertiary/aromatic N) is 2. The van der Waals surface area contributed by atoms with E-state index in [4.69, 9.17) is 0 Å². The predicted molar refractivity (Wildman–Crippen MR) is 108 cm³/mol. The van der Waals surface area contributed by atoms with Gasteiger partial charge in [-0.2, -0.15) is 5.10 Å². The third-order valence-electron chi connectivity index (χ3n) is 5.13. The minimum atomic E-state index is -0.685. The molecule has 1 aliphatic carbocycles. The summed E-state index contributed by atoms with van der Waals surface area (Å²) in [4.78, 5) is 12.3. The molecular weight excluding hydrogens is 371 g/mol. The number of aromatic nitrogens is 2. The number of benzene rings is 2. The van der Waals surface area contributed by atoms with Crippen molar-refractivity contribution >= 4 is 5.91 Å². The van der Waals surface area contributed by atoms with Crippen LogP contribution < -0.4 is 10.6 Å². The molecule has 6 nitrogen and oxygen atoms in total. The molecule has 0 unspecified atom stereocenters. The van der Waals surface area contributed by atoms with E-state index in [0.29, 0.717) is 23.8 Å². The standard InChI is InChI=1S/C22H23FN4O2/c23-18-5-7-20(8-6-18)27-14-17(11-26-27)22(29)25-13-21(28)12-24-19-9-15-3-1-2-4-16(15)10-19/h1-8,11,14,19,21,24,28H,9-10,12-13H2,(H,25,29)/t21-/m1/s1. The van der Waals surface area contributed by atoms with E-state index in [0.717, 1.165) is 12.8 Å². The molecule has 0 fully saturated rings. The fraction of sp³-hybridized carbons (Fsp3) is 0.273. The average Bonchev–Trinajstić information content (AvgIpc) is 3.38. The summed E-state index contributed by atoms with van der Waals surface area (Å²) >= 11 is 0. The molecule has 0 bridgehead atoms. The van der Waals surface area contributed by atoms with Crippen LogP contribution in [-0.4, -0.2) is 46.0 Å². The molecule has 1 atom stereocenters. The lowest BCUT2D eigenvalue weighted by Gasteiger charge is -2.16. The molecule has 1 amide bonds. The zero-order valence-corrected chi connectivity index (χ0v) is 15.9. The van der Waals surface area contributed by atoms with Crippen LogP contribution in [0.4, 0.5) is 4.39 Å². The van der Waals surface area contributed by atoms with Gasteiger partial charge >= 0.3 is 0 Å². The number of hydrogen-bond acceptors (Lipinski definition) is 4. The van der Waals surface area contributed by atoms with Gasteiger partial charge in [0.05, 0.1) is 23.6 Å². The molecular formula is C22H23FN4O2. The van der Waals surface area contributed by atoms with Crippen molar-refractivity contribution in [3.63, 3.8) is 0 Å². The van der Waals surface area contributed by atoms with Gasteiger partial charge in [-0.25, -0.2) is 9.07 Å². The highest BCUT2D eigenvalue weighted by atomic mass is 19.1. The SMILES string of the molecule is O=C(NC[C@H](O)CNC1Cc2ccccc2C1)c1cnn(-c2ccc(F)cc2)c1. The van der Waals surface area contributed by atoms with Crippen molar-refractivity contribution in [3.05, 3.63) is 83.4 Å². The lowest BCUT2D eigenvalue weighted by molar-refractivity contribution is 0.0914. The van der Waals surface area contributed by atoms with Gasteiger partial charge in [-0.15, -0.1) is 0 Å². The van der Waals surface area contributed by atoms with Crippen LogP contribution in [-0.2, 0) is 12.8 Å². The minimum Gasteiger partial charge on any atom is -0.390 e. The first kappa shape index (κ1) is 19.3. The van der Waals surface area contributed by atoms with Gasteiger partial charge in [-0.1, -0.05) is 24.3 Å². The Morgan fingerprint density at radius 2 is 1.83 bits per heavy atom. The Morgan fingerprint density at radius 1 is 1.14 bits per heavy atom. The highest BCUT2D eigenvalue weighted by Crippen LogP contribution is 2.21. The number of hydrogen-bond donors (Lipinski definition) is 3. The van der Waals surface area contributed by atoms with Crippen molar-refractivity contribution in [2.45, 2.75) is 25.0 Å². The summed E-state index contributed by atoms with van der Waals surface area (Å²) in [5.41, 5.74) is 3.74. The first-order chi connectivity index (χ1) is 14.1. The van der Waals surface area contributed by atoms with Gasteiger partial charge in [0, 0.05) is 25.3 Å². The maximum Gasteiger partial charge on any atom is 0.254 e. The molecule has 0 spiro atoms. The smallest absolute Gasteiger partial charge is 0.254 e. The molecule has 4 rings (SSSR count). The zero-order chi connectivity index (χ0) is 20.2. The van der Waals surface area contributed by atoms with Gasteiger partial charge in [0.2, 0.25) is 0 Å². The van der Waals surface area contributed by atoms with Crippen LogP contribution in [0.15, 0.2) is 60.9 Å². The lowest BCUT2D eigenvalue weighted by Crippen LogP contribution is -2.41. The Balaban J connectivity index is 1.23. The molecule has 1 aliphatic rings. The molecule has 0 saturated heterocycles. The molecule has 2 aromatic carbocycles. The highest BCUT2D eigenvalue weighted by molar-refractivity contribution is 5.93. The molecule has 0 aliphatic heterocycles. The van der Waals surface area contributed by atoms with Crippen molar-refractivity contribution in [1.82, 2.24) is 20.4 Å². The second-order valence-electron chi connectivity index (χ2n) is 7.30. The highest BCUT2D eigenvalue weighted by Gasteiger charge is 2.21. The minimum absolute atomic E-state index is 0.146. The van der Waals surface area contributed by atoms with Crippen LogP contribution in [0.1, 0.15) is 21.5 Å². The average molecular weight is 394 g/mol. The fourth-order valence-corrected chi connectivity index (χ4v) is 3.57. The molecule has 150 valence electrons. The Kier molecular flexibility index (Phi) is 5.69. The summed E-state index contributed by atoms with van der Waals surface area (Å²) in [6.07, 6.45) is 4.24. The fourth-order valence-electron chi connectivity index (χ4n) is 3.57. The second kappa shape index (κ2) is 8.55.